The molecule has 2 amide bonds. The average molecular weight is 632 g/mol. The Bertz CT molecular complexity index is 1640. The van der Waals surface area contributed by atoms with Crippen LogP contribution in [0.2, 0.25) is 0 Å². The van der Waals surface area contributed by atoms with Crippen LogP contribution in [-0.4, -0.2) is 45.1 Å². The van der Waals surface area contributed by atoms with Crippen molar-refractivity contribution < 1.29 is 23.1 Å². The summed E-state index contributed by atoms with van der Waals surface area (Å²) in [5.41, 5.74) is 6.91. The minimum atomic E-state index is -0.646. The van der Waals surface area contributed by atoms with Crippen LogP contribution in [0.3, 0.4) is 0 Å². The van der Waals surface area contributed by atoms with Crippen molar-refractivity contribution in [2.75, 3.05) is 18.8 Å². The monoisotopic (exact) mass is 631 g/mol. The number of nitrogens with zero attached hydrogens (tertiary/aromatic N) is 3. The van der Waals surface area contributed by atoms with E-state index >= 15 is 4.39 Å². The Morgan fingerprint density at radius 1 is 0.978 bits per heavy atom. The predicted octanol–water partition coefficient (Wildman–Crippen LogP) is 7.60. The molecular formula is C36H43F2N5O3. The molecule has 0 spiro atoms. The Morgan fingerprint density at radius 2 is 1.65 bits per heavy atom. The van der Waals surface area contributed by atoms with Gasteiger partial charge in [-0.1, -0.05) is 51.1 Å². The van der Waals surface area contributed by atoms with E-state index in [-0.39, 0.29) is 30.3 Å². The summed E-state index contributed by atoms with van der Waals surface area (Å²) < 4.78 is 36.6. The molecule has 4 aromatic rings. The molecule has 1 aromatic heterocycles. The number of nitrogens with one attached hydrogen (secondary N) is 1. The minimum Gasteiger partial charge on any atom is -0.444 e. The van der Waals surface area contributed by atoms with E-state index in [0.29, 0.717) is 30.0 Å². The van der Waals surface area contributed by atoms with Crippen LogP contribution in [0.5, 0.6) is 0 Å². The largest absolute Gasteiger partial charge is 0.444 e. The number of aromatic nitrogens is 2. The maximum atomic E-state index is 15.0. The molecule has 0 aliphatic heterocycles. The molecule has 10 heteroatoms. The maximum Gasteiger partial charge on any atom is 0.407 e. The van der Waals surface area contributed by atoms with Crippen molar-refractivity contribution in [3.05, 3.63) is 108 Å². The number of alkyl carbamates (subject to hydrolysis) is 1. The fourth-order valence-electron chi connectivity index (χ4n) is 5.27. The second-order valence-corrected chi connectivity index (χ2v) is 13.4. The van der Waals surface area contributed by atoms with Crippen molar-refractivity contribution in [1.29, 1.82) is 0 Å². The topological polar surface area (TPSA) is 102 Å². The minimum absolute atomic E-state index is 0.0266. The zero-order valence-corrected chi connectivity index (χ0v) is 27.3. The second kappa shape index (κ2) is 14.1. The third-order valence-electron chi connectivity index (χ3n) is 7.25. The van der Waals surface area contributed by atoms with Gasteiger partial charge in [-0.2, -0.15) is 0 Å². The number of ether oxygens (including phenoxy) is 1. The van der Waals surface area contributed by atoms with Crippen molar-refractivity contribution in [3.63, 3.8) is 0 Å². The van der Waals surface area contributed by atoms with Gasteiger partial charge in [-0.15, -0.1) is 0 Å². The van der Waals surface area contributed by atoms with Gasteiger partial charge in [-0.25, -0.2) is 18.6 Å². The highest BCUT2D eigenvalue weighted by Crippen LogP contribution is 2.40. The second-order valence-electron chi connectivity index (χ2n) is 13.4. The van der Waals surface area contributed by atoms with Crippen LogP contribution in [0.15, 0.2) is 79.0 Å². The molecule has 1 unspecified atom stereocenters. The van der Waals surface area contributed by atoms with E-state index in [1.54, 1.807) is 56.1 Å². The Morgan fingerprint density at radius 3 is 2.28 bits per heavy atom. The summed E-state index contributed by atoms with van der Waals surface area (Å²) in [6.45, 7) is 12.3. The zero-order valence-electron chi connectivity index (χ0n) is 27.3. The fraction of sp³-hybridized carbons (Fsp3) is 0.361. The first-order valence-electron chi connectivity index (χ1n) is 15.3. The number of nitrogens with two attached hydrogens (primary N) is 1. The summed E-state index contributed by atoms with van der Waals surface area (Å²) in [4.78, 5) is 33.3. The lowest BCUT2D eigenvalue weighted by Crippen LogP contribution is -2.44. The lowest BCUT2D eigenvalue weighted by Gasteiger charge is -2.40. The predicted molar refractivity (Wildman–Crippen MR) is 176 cm³/mol. The first-order chi connectivity index (χ1) is 21.6. The van der Waals surface area contributed by atoms with Crippen LogP contribution in [0.4, 0.5) is 19.3 Å². The molecule has 46 heavy (non-hydrogen) atoms. The molecule has 3 N–H and O–H groups in total. The van der Waals surface area contributed by atoms with Gasteiger partial charge >= 0.3 is 6.09 Å². The van der Waals surface area contributed by atoms with Gasteiger partial charge in [0.1, 0.15) is 23.1 Å². The maximum absolute atomic E-state index is 15.0. The van der Waals surface area contributed by atoms with Gasteiger partial charge in [0.05, 0.1) is 11.7 Å². The van der Waals surface area contributed by atoms with Gasteiger partial charge in [0.2, 0.25) is 0 Å². The number of nitrogen functional groups attached to an aromatic ring is 1. The molecule has 1 atom stereocenters. The molecular weight excluding hydrogens is 588 g/mol. The molecule has 1 heterocycles. The van der Waals surface area contributed by atoms with E-state index in [2.05, 4.69) is 5.32 Å². The van der Waals surface area contributed by atoms with Gasteiger partial charge in [0.25, 0.3) is 5.91 Å². The van der Waals surface area contributed by atoms with Crippen LogP contribution in [0.25, 0.3) is 11.3 Å². The highest BCUT2D eigenvalue weighted by molar-refractivity contribution is 5.94. The van der Waals surface area contributed by atoms with E-state index in [1.807, 2.05) is 55.7 Å². The number of amides is 2. The van der Waals surface area contributed by atoms with Gasteiger partial charge in [-0.3, -0.25) is 4.79 Å². The number of hydrogen-bond donors (Lipinski definition) is 2. The smallest absolute Gasteiger partial charge is 0.407 e. The lowest BCUT2D eigenvalue weighted by molar-refractivity contribution is 0.0467. The summed E-state index contributed by atoms with van der Waals surface area (Å²) in [6.07, 6.45) is 1.57. The quantitative estimate of drug-likeness (QED) is 0.139. The van der Waals surface area contributed by atoms with E-state index in [0.717, 1.165) is 23.8 Å². The van der Waals surface area contributed by atoms with Gasteiger partial charge in [0.15, 0.2) is 0 Å². The van der Waals surface area contributed by atoms with Crippen LogP contribution >= 0.6 is 0 Å². The summed E-state index contributed by atoms with van der Waals surface area (Å²) in [5.74, 6) is -0.933. The number of carbonyl (C=O) groups excluding carboxylic acids is 2. The molecule has 0 fully saturated rings. The highest BCUT2D eigenvalue weighted by atomic mass is 19.1. The first-order valence-corrected chi connectivity index (χ1v) is 15.3. The number of rotatable bonds is 10. The number of benzene rings is 3. The van der Waals surface area contributed by atoms with Gasteiger partial charge in [-0.05, 0) is 80.6 Å². The van der Waals surface area contributed by atoms with Crippen molar-refractivity contribution in [3.8, 4) is 11.3 Å². The van der Waals surface area contributed by atoms with Crippen LogP contribution in [0, 0.1) is 17.0 Å². The third kappa shape index (κ3) is 8.93. The van der Waals surface area contributed by atoms with Crippen molar-refractivity contribution in [2.24, 2.45) is 5.41 Å². The molecule has 0 saturated heterocycles. The van der Waals surface area contributed by atoms with Crippen LogP contribution < -0.4 is 11.1 Å². The number of hydrogen-bond acceptors (Lipinski definition) is 5. The lowest BCUT2D eigenvalue weighted by atomic mass is 9.84. The van der Waals surface area contributed by atoms with E-state index < -0.39 is 34.8 Å². The molecule has 4 rings (SSSR count). The Balaban J connectivity index is 1.80. The molecule has 0 aliphatic rings. The first kappa shape index (κ1) is 34.1. The standard InChI is InChI=1S/C36H43F2N5O3/c1-35(2,3)31(43(33(44)25-13-16-27(39)17-14-25)20-10-19-40-34(45)46-36(4,5)6)32-41-30(28-21-26(37)15-18-29(28)38)23-42(32)22-24-11-8-7-9-12-24/h7-9,11-18,21,23,31H,10,19-20,22,39H2,1-6H3,(H,40,45). The molecule has 0 bridgehead atoms. The van der Waals surface area contributed by atoms with Crippen molar-refractivity contribution >= 4 is 17.7 Å². The molecule has 244 valence electrons. The number of halogens is 2. The molecule has 0 saturated carbocycles. The normalized spacial score (nSPS) is 12.4. The Kier molecular flexibility index (Phi) is 10.5. The third-order valence-corrected chi connectivity index (χ3v) is 7.25. The fourth-order valence-corrected chi connectivity index (χ4v) is 5.27. The molecule has 3 aromatic carbocycles. The number of carbonyl (C=O) groups is 2. The van der Waals surface area contributed by atoms with Crippen molar-refractivity contribution in [1.82, 2.24) is 19.8 Å². The van der Waals surface area contributed by atoms with Crippen LogP contribution in [0.1, 0.15) is 75.8 Å². The SMILES string of the molecule is CC(C)(C)OC(=O)NCCCN(C(=O)c1ccc(N)cc1)C(c1nc(-c2cc(F)ccc2F)cn1Cc1ccccc1)C(C)(C)C. The van der Waals surface area contributed by atoms with E-state index in [9.17, 15) is 14.0 Å². The molecule has 0 aliphatic carbocycles. The Labute approximate surface area is 269 Å². The number of imidazole rings is 1. The van der Waals surface area contributed by atoms with E-state index in [1.165, 1.54) is 0 Å². The van der Waals surface area contributed by atoms with Gasteiger partial charge in [0, 0.05) is 42.6 Å². The molecule has 8 nitrogen and oxygen atoms in total. The average Bonchev–Trinajstić information content (AvgIpc) is 3.37. The van der Waals surface area contributed by atoms with Crippen LogP contribution in [-0.2, 0) is 11.3 Å². The zero-order chi connectivity index (χ0) is 33.6. The highest BCUT2D eigenvalue weighted by Gasteiger charge is 2.38. The Hall–Kier alpha value is -4.73. The summed E-state index contributed by atoms with van der Waals surface area (Å²) in [6, 6.07) is 19.1. The summed E-state index contributed by atoms with van der Waals surface area (Å²) in [5, 5.41) is 2.77. The van der Waals surface area contributed by atoms with Crippen molar-refractivity contribution in [2.45, 2.75) is 66.2 Å². The number of anilines is 1. The molecule has 0 radical (unpaired) electrons. The van der Waals surface area contributed by atoms with E-state index in [4.69, 9.17) is 15.5 Å². The van der Waals surface area contributed by atoms with Gasteiger partial charge < -0.3 is 25.3 Å². The summed E-state index contributed by atoms with van der Waals surface area (Å²) >= 11 is 0. The summed E-state index contributed by atoms with van der Waals surface area (Å²) in [7, 11) is 0.